The largest absolute Gasteiger partial charge is 0.501 e. The SMILES string of the molecule is COc1ccc(N2CCC(NC(=O)c3ccc(S(=O)(=O)C(F)(F)F)cc3)CC2)cc1. The minimum Gasteiger partial charge on any atom is -0.497 e. The van der Waals surface area contributed by atoms with E-state index in [0.717, 1.165) is 48.8 Å². The summed E-state index contributed by atoms with van der Waals surface area (Å²) in [6.07, 6.45) is 1.41. The van der Waals surface area contributed by atoms with E-state index in [1.807, 2.05) is 24.3 Å². The van der Waals surface area contributed by atoms with Crippen LogP contribution in [0.1, 0.15) is 23.2 Å². The van der Waals surface area contributed by atoms with Crippen LogP contribution in [0.25, 0.3) is 0 Å². The van der Waals surface area contributed by atoms with Crippen LogP contribution in [0.15, 0.2) is 53.4 Å². The molecule has 1 amide bonds. The lowest BCUT2D eigenvalue weighted by Crippen LogP contribution is -2.44. The number of hydrogen-bond donors (Lipinski definition) is 1. The summed E-state index contributed by atoms with van der Waals surface area (Å²) >= 11 is 0. The average molecular weight is 442 g/mol. The lowest BCUT2D eigenvalue weighted by atomic mass is 10.0. The molecule has 1 N–H and O–H groups in total. The molecule has 0 aliphatic carbocycles. The molecule has 0 unspecified atom stereocenters. The maximum absolute atomic E-state index is 12.6. The summed E-state index contributed by atoms with van der Waals surface area (Å²) in [5.74, 6) is 0.323. The summed E-state index contributed by atoms with van der Waals surface area (Å²) in [4.78, 5) is 13.7. The Morgan fingerprint density at radius 3 is 2.10 bits per heavy atom. The maximum Gasteiger partial charge on any atom is 0.501 e. The van der Waals surface area contributed by atoms with Crippen molar-refractivity contribution in [3.05, 3.63) is 54.1 Å². The van der Waals surface area contributed by atoms with Crippen LogP contribution < -0.4 is 15.0 Å². The average Bonchev–Trinajstić information content (AvgIpc) is 2.73. The molecule has 162 valence electrons. The number of carbonyl (C=O) groups excluding carboxylic acids is 1. The molecule has 0 atom stereocenters. The fraction of sp³-hybridized carbons (Fsp3) is 0.350. The fourth-order valence-electron chi connectivity index (χ4n) is 3.26. The first-order valence-corrected chi connectivity index (χ1v) is 10.7. The number of carbonyl (C=O) groups is 1. The number of hydrogen-bond acceptors (Lipinski definition) is 5. The van der Waals surface area contributed by atoms with Crippen LogP contribution >= 0.6 is 0 Å². The van der Waals surface area contributed by atoms with Crippen molar-refractivity contribution in [2.75, 3.05) is 25.1 Å². The third-order valence-corrected chi connectivity index (χ3v) is 6.50. The van der Waals surface area contributed by atoms with Crippen molar-refractivity contribution in [1.29, 1.82) is 0 Å². The molecule has 30 heavy (non-hydrogen) atoms. The lowest BCUT2D eigenvalue weighted by Gasteiger charge is -2.34. The normalized spacial score (nSPS) is 15.7. The van der Waals surface area contributed by atoms with E-state index < -0.39 is 26.1 Å². The summed E-state index contributed by atoms with van der Waals surface area (Å²) in [6, 6.07) is 11.4. The Balaban J connectivity index is 1.57. The van der Waals surface area contributed by atoms with Crippen molar-refractivity contribution in [2.45, 2.75) is 29.3 Å². The molecule has 1 heterocycles. The van der Waals surface area contributed by atoms with Crippen LogP contribution in [0.5, 0.6) is 5.75 Å². The van der Waals surface area contributed by atoms with Gasteiger partial charge in [-0.15, -0.1) is 0 Å². The second-order valence-corrected chi connectivity index (χ2v) is 8.85. The first kappa shape index (κ1) is 21.9. The van der Waals surface area contributed by atoms with Crippen molar-refractivity contribution in [3.63, 3.8) is 0 Å². The molecule has 10 heteroatoms. The number of piperidine rings is 1. The minimum absolute atomic E-state index is 0.0782. The highest BCUT2D eigenvalue weighted by molar-refractivity contribution is 7.92. The second-order valence-electron chi connectivity index (χ2n) is 6.91. The van der Waals surface area contributed by atoms with E-state index in [9.17, 15) is 26.4 Å². The van der Waals surface area contributed by atoms with Crippen molar-refractivity contribution >= 4 is 21.4 Å². The highest BCUT2D eigenvalue weighted by Gasteiger charge is 2.46. The lowest BCUT2D eigenvalue weighted by molar-refractivity contribution is -0.0436. The molecule has 1 fully saturated rings. The van der Waals surface area contributed by atoms with E-state index in [2.05, 4.69) is 10.2 Å². The number of halogens is 3. The summed E-state index contributed by atoms with van der Waals surface area (Å²) in [5.41, 5.74) is -4.22. The van der Waals surface area contributed by atoms with Crippen molar-refractivity contribution in [1.82, 2.24) is 5.32 Å². The smallest absolute Gasteiger partial charge is 0.497 e. The van der Waals surface area contributed by atoms with E-state index in [1.165, 1.54) is 0 Å². The van der Waals surface area contributed by atoms with Gasteiger partial charge in [0.1, 0.15) is 5.75 Å². The van der Waals surface area contributed by atoms with Crippen LogP contribution in [0, 0.1) is 0 Å². The highest BCUT2D eigenvalue weighted by atomic mass is 32.2. The topological polar surface area (TPSA) is 75.7 Å². The number of benzene rings is 2. The predicted molar refractivity (Wildman–Crippen MR) is 105 cm³/mol. The number of alkyl halides is 3. The Bertz CT molecular complexity index is 982. The Hall–Kier alpha value is -2.75. The van der Waals surface area contributed by atoms with E-state index in [4.69, 9.17) is 4.74 Å². The molecule has 0 bridgehead atoms. The predicted octanol–water partition coefficient (Wildman–Crippen LogP) is 3.39. The van der Waals surface area contributed by atoms with Crippen LogP contribution in [0.2, 0.25) is 0 Å². The summed E-state index contributed by atoms with van der Waals surface area (Å²) in [7, 11) is -3.83. The van der Waals surface area contributed by atoms with Crippen LogP contribution in [-0.2, 0) is 9.84 Å². The quantitative estimate of drug-likeness (QED) is 0.768. The van der Waals surface area contributed by atoms with E-state index in [0.29, 0.717) is 12.8 Å². The summed E-state index contributed by atoms with van der Waals surface area (Å²) < 4.78 is 65.7. The van der Waals surface area contributed by atoms with Gasteiger partial charge in [-0.05, 0) is 61.4 Å². The maximum atomic E-state index is 12.6. The molecule has 0 aromatic heterocycles. The van der Waals surface area contributed by atoms with Gasteiger partial charge in [0, 0.05) is 30.4 Å². The van der Waals surface area contributed by atoms with Gasteiger partial charge in [-0.1, -0.05) is 0 Å². The number of sulfone groups is 1. The van der Waals surface area contributed by atoms with Gasteiger partial charge in [-0.3, -0.25) is 4.79 Å². The van der Waals surface area contributed by atoms with Crippen molar-refractivity contribution in [3.8, 4) is 5.75 Å². The molecular formula is C20H21F3N2O4S. The number of rotatable bonds is 5. The van der Waals surface area contributed by atoms with E-state index >= 15 is 0 Å². The highest BCUT2D eigenvalue weighted by Crippen LogP contribution is 2.30. The van der Waals surface area contributed by atoms with Crippen molar-refractivity contribution < 1.29 is 31.1 Å². The Kier molecular flexibility index (Phi) is 6.25. The molecule has 3 rings (SSSR count). The van der Waals surface area contributed by atoms with Gasteiger partial charge in [0.2, 0.25) is 0 Å². The van der Waals surface area contributed by atoms with Gasteiger partial charge in [0.25, 0.3) is 15.7 Å². The van der Waals surface area contributed by atoms with Gasteiger partial charge in [0.05, 0.1) is 12.0 Å². The van der Waals surface area contributed by atoms with Gasteiger partial charge < -0.3 is 15.0 Å². The Morgan fingerprint density at radius 1 is 1.03 bits per heavy atom. The monoisotopic (exact) mass is 442 g/mol. The van der Waals surface area contributed by atoms with Crippen LogP contribution in [-0.4, -0.2) is 46.1 Å². The molecule has 1 saturated heterocycles. The molecule has 1 aliphatic rings. The third kappa shape index (κ3) is 4.69. The molecular weight excluding hydrogens is 421 g/mol. The van der Waals surface area contributed by atoms with Crippen LogP contribution in [0.3, 0.4) is 0 Å². The first-order chi connectivity index (χ1) is 14.1. The van der Waals surface area contributed by atoms with Gasteiger partial charge in [-0.25, -0.2) is 8.42 Å². The molecule has 0 spiro atoms. The molecule has 0 saturated carbocycles. The number of ether oxygens (including phenoxy) is 1. The summed E-state index contributed by atoms with van der Waals surface area (Å²) in [6.45, 7) is 1.47. The molecule has 2 aromatic rings. The zero-order valence-electron chi connectivity index (χ0n) is 16.1. The molecule has 1 aliphatic heterocycles. The molecule has 6 nitrogen and oxygen atoms in total. The fourth-order valence-corrected chi connectivity index (χ4v) is 4.02. The van der Waals surface area contributed by atoms with Gasteiger partial charge in [0.15, 0.2) is 0 Å². The minimum atomic E-state index is -5.43. The van der Waals surface area contributed by atoms with E-state index in [-0.39, 0.29) is 11.6 Å². The zero-order chi connectivity index (χ0) is 21.9. The van der Waals surface area contributed by atoms with Crippen molar-refractivity contribution in [2.24, 2.45) is 0 Å². The number of amides is 1. The van der Waals surface area contributed by atoms with E-state index in [1.54, 1.807) is 7.11 Å². The zero-order valence-corrected chi connectivity index (χ0v) is 17.0. The van der Waals surface area contributed by atoms with Gasteiger partial charge >= 0.3 is 5.51 Å². The summed E-state index contributed by atoms with van der Waals surface area (Å²) in [5, 5.41) is 2.86. The standard InChI is InChI=1S/C20H21F3N2O4S/c1-29-17-6-4-16(5-7-17)25-12-10-15(11-13-25)24-19(26)14-2-8-18(9-3-14)30(27,28)20(21,22)23/h2-9,15H,10-13H2,1H3,(H,24,26). The number of anilines is 1. The number of methoxy groups -OCH3 is 1. The first-order valence-electron chi connectivity index (χ1n) is 9.23. The number of nitrogens with one attached hydrogen (secondary N) is 1. The second kappa shape index (κ2) is 8.55. The Labute approximate surface area is 172 Å². The third-order valence-electron chi connectivity index (χ3n) is 5.00. The molecule has 0 radical (unpaired) electrons. The van der Waals surface area contributed by atoms with Crippen LogP contribution in [0.4, 0.5) is 18.9 Å². The molecule has 2 aromatic carbocycles. The van der Waals surface area contributed by atoms with Gasteiger partial charge in [-0.2, -0.15) is 13.2 Å². The number of nitrogens with zero attached hydrogens (tertiary/aromatic N) is 1. The Morgan fingerprint density at radius 2 is 1.60 bits per heavy atom.